The molecule has 1 aliphatic rings. The Balaban J connectivity index is 3.09. The molecular formula is C18H35NO3Si. The summed E-state index contributed by atoms with van der Waals surface area (Å²) in [6.45, 7) is 9.16. The molecule has 0 saturated heterocycles. The Morgan fingerprint density at radius 3 is 2.04 bits per heavy atom. The van der Waals surface area contributed by atoms with E-state index in [0.717, 1.165) is 0 Å². The number of hydrogen-bond donors (Lipinski definition) is 0. The van der Waals surface area contributed by atoms with Crippen molar-refractivity contribution in [2.45, 2.75) is 64.7 Å². The van der Waals surface area contributed by atoms with E-state index in [0.29, 0.717) is 24.7 Å². The van der Waals surface area contributed by atoms with Gasteiger partial charge in [-0.3, -0.25) is 9.59 Å². The number of hydrogen-bond acceptors (Lipinski definition) is 3. The summed E-state index contributed by atoms with van der Waals surface area (Å²) in [5.41, 5.74) is -0.961. The maximum absolute atomic E-state index is 12.8. The molecule has 1 rings (SSSR count). The second kappa shape index (κ2) is 7.82. The predicted octanol–water partition coefficient (Wildman–Crippen LogP) is 3.79. The summed E-state index contributed by atoms with van der Waals surface area (Å²) in [4.78, 5) is 26.8. The first kappa shape index (κ1) is 20.2. The Hall–Kier alpha value is -0.843. The molecule has 0 radical (unpaired) electrons. The summed E-state index contributed by atoms with van der Waals surface area (Å²) in [6.07, 6.45) is 1.29. The molecule has 0 heterocycles. The number of rotatable bonds is 7. The summed E-state index contributed by atoms with van der Waals surface area (Å²) in [5.74, 6) is 0.428. The van der Waals surface area contributed by atoms with Crippen LogP contribution in [-0.2, 0) is 14.3 Å². The molecule has 1 fully saturated rings. The minimum absolute atomic E-state index is 0.0875. The summed E-state index contributed by atoms with van der Waals surface area (Å²) in [6, 6.07) is 5.10. The fourth-order valence-corrected chi connectivity index (χ4v) is 8.54. The van der Waals surface area contributed by atoms with Gasteiger partial charge < -0.3 is 9.64 Å². The maximum Gasteiger partial charge on any atom is 0.321 e. The van der Waals surface area contributed by atoms with Crippen LogP contribution in [0.4, 0.5) is 0 Å². The SMILES string of the molecule is CC[Si](CC)(CC)C[C@@H]1CC(C(=O)OC)(C(=O)N(C)C)C[C@H]1C. The van der Waals surface area contributed by atoms with E-state index in [2.05, 4.69) is 27.7 Å². The zero-order valence-electron chi connectivity index (χ0n) is 16.1. The third-order valence-electron chi connectivity index (χ3n) is 6.42. The molecule has 0 spiro atoms. The fraction of sp³-hybridized carbons (Fsp3) is 0.889. The van der Waals surface area contributed by atoms with E-state index in [1.807, 2.05) is 0 Å². The zero-order chi connectivity index (χ0) is 17.8. The Labute approximate surface area is 143 Å². The third-order valence-corrected chi connectivity index (χ3v) is 12.3. The van der Waals surface area contributed by atoms with Crippen molar-refractivity contribution in [1.82, 2.24) is 4.90 Å². The Morgan fingerprint density at radius 2 is 1.65 bits per heavy atom. The molecule has 1 aliphatic carbocycles. The van der Waals surface area contributed by atoms with Crippen LogP contribution in [0.2, 0.25) is 24.2 Å². The van der Waals surface area contributed by atoms with Gasteiger partial charge in [0, 0.05) is 14.1 Å². The fourth-order valence-electron chi connectivity index (χ4n) is 4.51. The van der Waals surface area contributed by atoms with E-state index in [4.69, 9.17) is 4.74 Å². The van der Waals surface area contributed by atoms with Crippen molar-refractivity contribution < 1.29 is 14.3 Å². The Kier molecular flexibility index (Phi) is 6.87. The first-order valence-corrected chi connectivity index (χ1v) is 11.8. The van der Waals surface area contributed by atoms with Crippen LogP contribution in [0, 0.1) is 17.3 Å². The number of ether oxygens (including phenoxy) is 1. The van der Waals surface area contributed by atoms with Crippen LogP contribution in [0.5, 0.6) is 0 Å². The summed E-state index contributed by atoms with van der Waals surface area (Å²) >= 11 is 0. The molecule has 1 saturated carbocycles. The molecule has 0 N–H and O–H groups in total. The van der Waals surface area contributed by atoms with Gasteiger partial charge in [-0.25, -0.2) is 0 Å². The molecule has 0 aromatic rings. The highest BCUT2D eigenvalue weighted by molar-refractivity contribution is 6.79. The first-order chi connectivity index (χ1) is 10.7. The molecule has 4 nitrogen and oxygen atoms in total. The van der Waals surface area contributed by atoms with Crippen LogP contribution in [-0.4, -0.2) is 46.1 Å². The number of nitrogens with zero attached hydrogens (tertiary/aromatic N) is 1. The summed E-state index contributed by atoms with van der Waals surface area (Å²) < 4.78 is 5.04. The first-order valence-electron chi connectivity index (χ1n) is 9.02. The minimum Gasteiger partial charge on any atom is -0.468 e. The van der Waals surface area contributed by atoms with Crippen molar-refractivity contribution in [3.63, 3.8) is 0 Å². The summed E-state index contributed by atoms with van der Waals surface area (Å²) in [7, 11) is 3.59. The lowest BCUT2D eigenvalue weighted by atomic mass is 9.83. The number of esters is 1. The largest absolute Gasteiger partial charge is 0.468 e. The maximum atomic E-state index is 12.8. The van der Waals surface area contributed by atoms with Crippen molar-refractivity contribution in [1.29, 1.82) is 0 Å². The van der Waals surface area contributed by atoms with Crippen LogP contribution >= 0.6 is 0 Å². The highest BCUT2D eigenvalue weighted by Gasteiger charge is 2.56. The zero-order valence-corrected chi connectivity index (χ0v) is 17.1. The summed E-state index contributed by atoms with van der Waals surface area (Å²) in [5, 5.41) is 0. The van der Waals surface area contributed by atoms with Crippen molar-refractivity contribution >= 4 is 20.0 Å². The van der Waals surface area contributed by atoms with E-state index in [1.54, 1.807) is 19.0 Å². The molecule has 3 atom stereocenters. The van der Waals surface area contributed by atoms with E-state index in [1.165, 1.54) is 31.3 Å². The van der Waals surface area contributed by atoms with Gasteiger partial charge in [0.15, 0.2) is 0 Å². The minimum atomic E-state index is -1.27. The Morgan fingerprint density at radius 1 is 1.13 bits per heavy atom. The highest BCUT2D eigenvalue weighted by Crippen LogP contribution is 2.51. The van der Waals surface area contributed by atoms with Crippen LogP contribution in [0.3, 0.4) is 0 Å². The smallest absolute Gasteiger partial charge is 0.321 e. The average molecular weight is 342 g/mol. The third kappa shape index (κ3) is 3.81. The van der Waals surface area contributed by atoms with Crippen molar-refractivity contribution in [2.75, 3.05) is 21.2 Å². The number of carbonyl (C=O) groups excluding carboxylic acids is 2. The Bertz CT molecular complexity index is 426. The lowest BCUT2D eigenvalue weighted by Gasteiger charge is -2.33. The monoisotopic (exact) mass is 341 g/mol. The molecule has 0 aromatic carbocycles. The van der Waals surface area contributed by atoms with Crippen molar-refractivity contribution in [3.05, 3.63) is 0 Å². The van der Waals surface area contributed by atoms with Gasteiger partial charge in [-0.1, -0.05) is 51.9 Å². The number of amides is 1. The van der Waals surface area contributed by atoms with E-state index >= 15 is 0 Å². The predicted molar refractivity (Wildman–Crippen MR) is 97.0 cm³/mol. The molecule has 0 aromatic heterocycles. The van der Waals surface area contributed by atoms with Gasteiger partial charge in [-0.2, -0.15) is 0 Å². The molecule has 23 heavy (non-hydrogen) atoms. The van der Waals surface area contributed by atoms with Gasteiger partial charge in [-0.15, -0.1) is 0 Å². The number of methoxy groups -OCH3 is 1. The van der Waals surface area contributed by atoms with Gasteiger partial charge in [-0.05, 0) is 24.7 Å². The van der Waals surface area contributed by atoms with Gasteiger partial charge in [0.05, 0.1) is 15.2 Å². The molecule has 5 heteroatoms. The molecular weight excluding hydrogens is 306 g/mol. The normalized spacial score (nSPS) is 27.8. The second-order valence-corrected chi connectivity index (χ2v) is 13.2. The lowest BCUT2D eigenvalue weighted by Crippen LogP contribution is -2.45. The van der Waals surface area contributed by atoms with E-state index in [-0.39, 0.29) is 11.9 Å². The quantitative estimate of drug-likeness (QED) is 0.402. The molecule has 134 valence electrons. The van der Waals surface area contributed by atoms with E-state index < -0.39 is 13.5 Å². The van der Waals surface area contributed by atoms with Crippen molar-refractivity contribution in [2.24, 2.45) is 17.3 Å². The lowest BCUT2D eigenvalue weighted by molar-refractivity contribution is -0.162. The van der Waals surface area contributed by atoms with Gasteiger partial charge in [0.1, 0.15) is 5.41 Å². The van der Waals surface area contributed by atoms with Crippen LogP contribution in [0.25, 0.3) is 0 Å². The van der Waals surface area contributed by atoms with Gasteiger partial charge >= 0.3 is 5.97 Å². The van der Waals surface area contributed by atoms with Crippen molar-refractivity contribution in [3.8, 4) is 0 Å². The molecule has 0 aliphatic heterocycles. The second-order valence-electron chi connectivity index (χ2n) is 7.68. The topological polar surface area (TPSA) is 46.6 Å². The molecule has 0 bridgehead atoms. The van der Waals surface area contributed by atoms with Crippen LogP contribution in [0.15, 0.2) is 0 Å². The van der Waals surface area contributed by atoms with Gasteiger partial charge in [0.2, 0.25) is 5.91 Å². The van der Waals surface area contributed by atoms with Gasteiger partial charge in [0.25, 0.3) is 0 Å². The van der Waals surface area contributed by atoms with Crippen LogP contribution in [0.1, 0.15) is 40.5 Å². The number of carbonyl (C=O) groups is 2. The average Bonchev–Trinajstić information content (AvgIpc) is 2.88. The van der Waals surface area contributed by atoms with E-state index in [9.17, 15) is 9.59 Å². The molecule has 1 amide bonds. The highest BCUT2D eigenvalue weighted by atomic mass is 28.3. The standard InChI is InChI=1S/C18H35NO3Si/c1-8-23(9-2,10-3)13-15-12-18(11-14(15)4,17(21)22-7)16(20)19(5)6/h14-15H,8-13H2,1-7H3/t14-,15+,18?/m1/s1. The molecule has 1 unspecified atom stereocenters. The van der Waals surface area contributed by atoms with Crippen LogP contribution < -0.4 is 0 Å².